The van der Waals surface area contributed by atoms with E-state index in [1.165, 1.54) is 0 Å². The normalized spacial score (nSPS) is 17.8. The Bertz CT molecular complexity index is 431. The molecule has 0 aliphatic carbocycles. The highest BCUT2D eigenvalue weighted by atomic mass is 16.2. The third kappa shape index (κ3) is 6.13. The van der Waals surface area contributed by atoms with E-state index in [1.54, 1.807) is 4.90 Å². The molecule has 6 heteroatoms. The van der Waals surface area contributed by atoms with E-state index >= 15 is 0 Å². The molecular weight excluding hydrogens is 306 g/mol. The van der Waals surface area contributed by atoms with Crippen LogP contribution in [0.2, 0.25) is 0 Å². The number of hydrogen-bond acceptors (Lipinski definition) is 3. The highest BCUT2D eigenvalue weighted by molar-refractivity contribution is 5.90. The molecule has 0 saturated carbocycles. The van der Waals surface area contributed by atoms with Gasteiger partial charge in [-0.1, -0.05) is 27.7 Å². The number of nitrogens with one attached hydrogen (secondary N) is 1. The van der Waals surface area contributed by atoms with Crippen molar-refractivity contribution in [3.63, 3.8) is 0 Å². The van der Waals surface area contributed by atoms with Crippen LogP contribution in [0.25, 0.3) is 0 Å². The lowest BCUT2D eigenvalue weighted by Gasteiger charge is -2.36. The Morgan fingerprint density at radius 2 is 1.83 bits per heavy atom. The van der Waals surface area contributed by atoms with Crippen LogP contribution in [0.4, 0.5) is 0 Å². The fraction of sp³-hybridized carbons (Fsp3) is 0.833. The number of rotatable bonds is 9. The maximum absolute atomic E-state index is 12.6. The monoisotopic (exact) mass is 339 g/mol. The van der Waals surface area contributed by atoms with E-state index in [4.69, 9.17) is 0 Å². The molecule has 1 N–H and O–H groups in total. The fourth-order valence-electron chi connectivity index (χ4n) is 3.11. The zero-order valence-corrected chi connectivity index (χ0v) is 15.6. The van der Waals surface area contributed by atoms with Gasteiger partial charge in [-0.2, -0.15) is 0 Å². The number of amides is 3. The molecule has 1 heterocycles. The van der Waals surface area contributed by atoms with Gasteiger partial charge in [0.15, 0.2) is 0 Å². The Labute approximate surface area is 145 Å². The van der Waals surface area contributed by atoms with E-state index in [9.17, 15) is 14.4 Å². The van der Waals surface area contributed by atoms with Gasteiger partial charge in [0.05, 0.1) is 0 Å². The Morgan fingerprint density at radius 1 is 1.21 bits per heavy atom. The van der Waals surface area contributed by atoms with Crippen molar-refractivity contribution in [2.45, 2.75) is 65.8 Å². The van der Waals surface area contributed by atoms with Gasteiger partial charge in [0, 0.05) is 39.0 Å². The Morgan fingerprint density at radius 3 is 2.38 bits per heavy atom. The third-order valence-electron chi connectivity index (χ3n) is 4.24. The molecular formula is C18H33N3O3. The van der Waals surface area contributed by atoms with Crippen molar-refractivity contribution >= 4 is 17.7 Å². The highest BCUT2D eigenvalue weighted by Gasteiger charge is 2.33. The minimum absolute atomic E-state index is 0.0360. The van der Waals surface area contributed by atoms with E-state index in [2.05, 4.69) is 5.32 Å². The molecule has 1 unspecified atom stereocenters. The topological polar surface area (TPSA) is 69.7 Å². The van der Waals surface area contributed by atoms with Crippen LogP contribution in [0.15, 0.2) is 0 Å². The van der Waals surface area contributed by atoms with Gasteiger partial charge in [0.25, 0.3) is 0 Å². The molecule has 1 aliphatic heterocycles. The lowest BCUT2D eigenvalue weighted by molar-refractivity contribution is -0.145. The molecule has 0 bridgehead atoms. The maximum Gasteiger partial charge on any atom is 0.242 e. The molecule has 6 nitrogen and oxygen atoms in total. The first-order valence-electron chi connectivity index (χ1n) is 9.25. The van der Waals surface area contributed by atoms with Gasteiger partial charge >= 0.3 is 0 Å². The molecule has 138 valence electrons. The number of carbonyl (C=O) groups excluding carboxylic acids is 3. The number of piperazine rings is 1. The van der Waals surface area contributed by atoms with Gasteiger partial charge in [-0.05, 0) is 25.2 Å². The summed E-state index contributed by atoms with van der Waals surface area (Å²) in [6.45, 7) is 10.7. The van der Waals surface area contributed by atoms with Crippen molar-refractivity contribution < 1.29 is 14.4 Å². The van der Waals surface area contributed by atoms with Gasteiger partial charge in [-0.25, -0.2) is 0 Å². The van der Waals surface area contributed by atoms with Gasteiger partial charge < -0.3 is 15.1 Å². The molecule has 0 spiro atoms. The molecule has 1 atom stereocenters. The van der Waals surface area contributed by atoms with Crippen LogP contribution in [0.3, 0.4) is 0 Å². The van der Waals surface area contributed by atoms with Crippen molar-refractivity contribution in [1.82, 2.24) is 15.1 Å². The summed E-state index contributed by atoms with van der Waals surface area (Å²) in [5.74, 6) is 0.208. The van der Waals surface area contributed by atoms with Crippen molar-refractivity contribution in [3.8, 4) is 0 Å². The largest absolute Gasteiger partial charge is 0.353 e. The predicted molar refractivity (Wildman–Crippen MR) is 94.4 cm³/mol. The average Bonchev–Trinajstić information content (AvgIpc) is 2.53. The standard InChI is InChI=1S/C18H33N3O3/c1-5-10-20(11-6-2)16(22)7-8-17(23)21-12-9-19-18(24)15(21)13-14(3)4/h14-15H,5-13H2,1-4H3,(H,19,24). The smallest absolute Gasteiger partial charge is 0.242 e. The Kier molecular flexibility index (Phi) is 8.79. The summed E-state index contributed by atoms with van der Waals surface area (Å²) < 4.78 is 0. The van der Waals surface area contributed by atoms with E-state index in [0.29, 0.717) is 25.4 Å². The summed E-state index contributed by atoms with van der Waals surface area (Å²) in [4.78, 5) is 40.4. The quantitative estimate of drug-likeness (QED) is 0.696. The average molecular weight is 339 g/mol. The molecule has 0 aromatic rings. The summed E-state index contributed by atoms with van der Waals surface area (Å²) in [7, 11) is 0. The second-order valence-electron chi connectivity index (χ2n) is 6.90. The van der Waals surface area contributed by atoms with Crippen LogP contribution < -0.4 is 5.32 Å². The van der Waals surface area contributed by atoms with Crippen LogP contribution in [-0.4, -0.2) is 59.7 Å². The zero-order valence-electron chi connectivity index (χ0n) is 15.6. The molecule has 0 aromatic carbocycles. The van der Waals surface area contributed by atoms with Crippen LogP contribution >= 0.6 is 0 Å². The lowest BCUT2D eigenvalue weighted by atomic mass is 9.99. The van der Waals surface area contributed by atoms with Crippen LogP contribution in [0, 0.1) is 5.92 Å². The van der Waals surface area contributed by atoms with Gasteiger partial charge in [-0.3, -0.25) is 14.4 Å². The summed E-state index contributed by atoms with van der Waals surface area (Å²) in [6.07, 6.45) is 2.91. The Balaban J connectivity index is 2.61. The maximum atomic E-state index is 12.6. The van der Waals surface area contributed by atoms with E-state index in [0.717, 1.165) is 25.9 Å². The minimum Gasteiger partial charge on any atom is -0.353 e. The van der Waals surface area contributed by atoms with Crippen LogP contribution in [0.5, 0.6) is 0 Å². The van der Waals surface area contributed by atoms with Crippen LogP contribution in [0.1, 0.15) is 59.8 Å². The minimum atomic E-state index is -0.399. The van der Waals surface area contributed by atoms with Gasteiger partial charge in [0.2, 0.25) is 17.7 Å². The molecule has 1 aliphatic rings. The Hall–Kier alpha value is -1.59. The summed E-state index contributed by atoms with van der Waals surface area (Å²) >= 11 is 0. The zero-order chi connectivity index (χ0) is 18.1. The first kappa shape index (κ1) is 20.5. The lowest BCUT2D eigenvalue weighted by Crippen LogP contribution is -2.57. The SMILES string of the molecule is CCCN(CCC)C(=O)CCC(=O)N1CCNC(=O)C1CC(C)C. The van der Waals surface area contributed by atoms with Crippen molar-refractivity contribution in [2.75, 3.05) is 26.2 Å². The first-order valence-corrected chi connectivity index (χ1v) is 9.25. The van der Waals surface area contributed by atoms with E-state index < -0.39 is 6.04 Å². The second kappa shape index (κ2) is 10.3. The number of hydrogen-bond donors (Lipinski definition) is 1. The molecule has 1 fully saturated rings. The summed E-state index contributed by atoms with van der Waals surface area (Å²) in [5.41, 5.74) is 0. The predicted octanol–water partition coefficient (Wildman–Crippen LogP) is 1.79. The summed E-state index contributed by atoms with van der Waals surface area (Å²) in [6, 6.07) is -0.399. The highest BCUT2D eigenvalue weighted by Crippen LogP contribution is 2.16. The molecule has 1 saturated heterocycles. The van der Waals surface area contributed by atoms with Gasteiger partial charge in [0.1, 0.15) is 6.04 Å². The van der Waals surface area contributed by atoms with E-state index in [1.807, 2.05) is 32.6 Å². The molecule has 1 rings (SSSR count). The van der Waals surface area contributed by atoms with Crippen LogP contribution in [-0.2, 0) is 14.4 Å². The van der Waals surface area contributed by atoms with Crippen molar-refractivity contribution in [3.05, 3.63) is 0 Å². The molecule has 0 radical (unpaired) electrons. The molecule has 24 heavy (non-hydrogen) atoms. The van der Waals surface area contributed by atoms with Crippen molar-refractivity contribution in [2.24, 2.45) is 5.92 Å². The van der Waals surface area contributed by atoms with E-state index in [-0.39, 0.29) is 30.6 Å². The summed E-state index contributed by atoms with van der Waals surface area (Å²) in [5, 5.41) is 2.83. The number of carbonyl (C=O) groups is 3. The fourth-order valence-corrected chi connectivity index (χ4v) is 3.11. The number of nitrogens with zero attached hydrogens (tertiary/aromatic N) is 2. The first-order chi connectivity index (χ1) is 11.4. The molecule has 0 aromatic heterocycles. The third-order valence-corrected chi connectivity index (χ3v) is 4.24. The molecule has 3 amide bonds. The second-order valence-corrected chi connectivity index (χ2v) is 6.90. The van der Waals surface area contributed by atoms with Gasteiger partial charge in [-0.15, -0.1) is 0 Å². The van der Waals surface area contributed by atoms with Crippen molar-refractivity contribution in [1.29, 1.82) is 0 Å².